The number of nitrogens with one attached hydrogen (secondary N) is 2. The van der Waals surface area contributed by atoms with Gasteiger partial charge in [-0.2, -0.15) is 0 Å². The number of aliphatic imine (C=N–C) groups is 1. The molecule has 3 N–H and O–H groups in total. The molecule has 1 heterocycles. The van der Waals surface area contributed by atoms with Crippen molar-refractivity contribution in [1.29, 1.82) is 0 Å². The summed E-state index contributed by atoms with van der Waals surface area (Å²) in [5.74, 6) is 1.38. The van der Waals surface area contributed by atoms with E-state index in [-0.39, 0.29) is 0 Å². The molecule has 0 aliphatic heterocycles. The number of benzene rings is 1. The third-order valence-corrected chi connectivity index (χ3v) is 3.81. The Morgan fingerprint density at radius 1 is 1.30 bits per heavy atom. The average Bonchev–Trinajstić information content (AvgIpc) is 2.87. The topological polar surface area (TPSA) is 82.7 Å². The van der Waals surface area contributed by atoms with E-state index in [1.165, 1.54) is 0 Å². The van der Waals surface area contributed by atoms with Crippen LogP contribution < -0.4 is 10.6 Å². The summed E-state index contributed by atoms with van der Waals surface area (Å²) in [7, 11) is 1.68. The number of hydrogen-bond donors (Lipinski definition) is 3. The average molecular weight is 337 g/mol. The summed E-state index contributed by atoms with van der Waals surface area (Å²) in [6.45, 7) is 4.66. The fraction of sp³-hybridized carbons (Fsp3) is 0.375. The lowest BCUT2D eigenvalue weighted by molar-refractivity contribution is 0.181. The number of nitrogens with zero attached hydrogens (tertiary/aromatic N) is 2. The van der Waals surface area contributed by atoms with E-state index in [0.717, 1.165) is 22.6 Å². The van der Waals surface area contributed by atoms with Gasteiger partial charge in [-0.3, -0.25) is 4.99 Å². The Morgan fingerprint density at radius 3 is 2.57 bits per heavy atom. The zero-order chi connectivity index (χ0) is 16.8. The van der Waals surface area contributed by atoms with Crippen LogP contribution in [0.4, 0.5) is 0 Å². The van der Waals surface area contributed by atoms with E-state index in [2.05, 4.69) is 20.8 Å². The molecule has 0 fully saturated rings. The lowest BCUT2D eigenvalue weighted by atomic mass is 10.1. The third-order valence-electron chi connectivity index (χ3n) is 3.56. The summed E-state index contributed by atoms with van der Waals surface area (Å²) in [5.41, 5.74) is 2.65. The van der Waals surface area contributed by atoms with Gasteiger partial charge in [-0.05, 0) is 31.5 Å². The summed E-state index contributed by atoms with van der Waals surface area (Å²) in [6, 6.07) is 7.11. The maximum absolute atomic E-state index is 10.2. The molecule has 23 heavy (non-hydrogen) atoms. The maximum atomic E-state index is 10.2. The van der Waals surface area contributed by atoms with Gasteiger partial charge in [0.2, 0.25) is 0 Å². The number of halogens is 1. The van der Waals surface area contributed by atoms with Crippen molar-refractivity contribution in [2.24, 2.45) is 4.99 Å². The van der Waals surface area contributed by atoms with Gasteiger partial charge in [-0.15, -0.1) is 0 Å². The molecule has 0 amide bonds. The van der Waals surface area contributed by atoms with Crippen LogP contribution in [0.1, 0.15) is 28.7 Å². The number of aryl methyl sites for hydroxylation is 2. The molecule has 6 nitrogen and oxygen atoms in total. The van der Waals surface area contributed by atoms with Gasteiger partial charge >= 0.3 is 0 Å². The Labute approximate surface area is 140 Å². The van der Waals surface area contributed by atoms with E-state index >= 15 is 0 Å². The second-order valence-electron chi connectivity index (χ2n) is 5.18. The van der Waals surface area contributed by atoms with Crippen molar-refractivity contribution in [2.45, 2.75) is 26.5 Å². The highest BCUT2D eigenvalue weighted by Crippen LogP contribution is 2.15. The normalized spacial score (nSPS) is 13.0. The van der Waals surface area contributed by atoms with Crippen LogP contribution in [-0.2, 0) is 6.54 Å². The van der Waals surface area contributed by atoms with Gasteiger partial charge in [0.1, 0.15) is 5.76 Å². The molecule has 1 unspecified atom stereocenters. The first-order chi connectivity index (χ1) is 11.0. The van der Waals surface area contributed by atoms with Crippen LogP contribution in [0.5, 0.6) is 0 Å². The largest absolute Gasteiger partial charge is 0.387 e. The molecule has 0 saturated heterocycles. The monoisotopic (exact) mass is 336 g/mol. The van der Waals surface area contributed by atoms with Crippen LogP contribution in [0.25, 0.3) is 0 Å². The second-order valence-corrected chi connectivity index (χ2v) is 5.61. The molecular weight excluding hydrogens is 316 g/mol. The molecule has 7 heteroatoms. The van der Waals surface area contributed by atoms with Crippen LogP contribution in [0.3, 0.4) is 0 Å². The van der Waals surface area contributed by atoms with E-state index in [1.54, 1.807) is 31.3 Å². The summed E-state index contributed by atoms with van der Waals surface area (Å²) < 4.78 is 5.13. The zero-order valence-electron chi connectivity index (χ0n) is 13.4. The Kier molecular flexibility index (Phi) is 6.01. The predicted octanol–water partition coefficient (Wildman–Crippen LogP) is 2.34. The quantitative estimate of drug-likeness (QED) is 0.576. The minimum atomic E-state index is -0.648. The second kappa shape index (κ2) is 7.99. The summed E-state index contributed by atoms with van der Waals surface area (Å²) >= 11 is 5.84. The van der Waals surface area contributed by atoms with Gasteiger partial charge in [0.25, 0.3) is 0 Å². The Balaban J connectivity index is 1.86. The van der Waals surface area contributed by atoms with Gasteiger partial charge < -0.3 is 20.3 Å². The van der Waals surface area contributed by atoms with Gasteiger partial charge in [-0.1, -0.05) is 28.9 Å². The lowest BCUT2D eigenvalue weighted by Crippen LogP contribution is -2.39. The van der Waals surface area contributed by atoms with Crippen molar-refractivity contribution < 1.29 is 9.63 Å². The fourth-order valence-electron chi connectivity index (χ4n) is 2.14. The van der Waals surface area contributed by atoms with Crippen molar-refractivity contribution in [2.75, 3.05) is 13.6 Å². The van der Waals surface area contributed by atoms with E-state index < -0.39 is 6.10 Å². The Hall–Kier alpha value is -2.05. The molecule has 0 aliphatic rings. The van der Waals surface area contributed by atoms with Crippen LogP contribution in [0, 0.1) is 13.8 Å². The molecule has 2 aromatic rings. The van der Waals surface area contributed by atoms with Gasteiger partial charge in [-0.25, -0.2) is 0 Å². The number of aromatic nitrogens is 1. The molecule has 0 saturated carbocycles. The molecule has 0 aliphatic carbocycles. The van der Waals surface area contributed by atoms with E-state index in [4.69, 9.17) is 16.1 Å². The van der Waals surface area contributed by atoms with Crippen molar-refractivity contribution in [1.82, 2.24) is 15.8 Å². The molecule has 0 bridgehead atoms. The molecule has 0 spiro atoms. The highest BCUT2D eigenvalue weighted by Gasteiger charge is 2.11. The third kappa shape index (κ3) is 4.71. The highest BCUT2D eigenvalue weighted by molar-refractivity contribution is 6.30. The first-order valence-corrected chi connectivity index (χ1v) is 7.69. The van der Waals surface area contributed by atoms with Crippen molar-refractivity contribution >= 4 is 17.6 Å². The first-order valence-electron chi connectivity index (χ1n) is 7.31. The summed E-state index contributed by atoms with van der Waals surface area (Å²) in [6.07, 6.45) is -0.648. The summed E-state index contributed by atoms with van der Waals surface area (Å²) in [5, 5.41) is 21.0. The number of aliphatic hydroxyl groups excluding tert-OH is 1. The minimum absolute atomic E-state index is 0.336. The molecule has 1 aromatic heterocycles. The molecule has 1 aromatic carbocycles. The molecular formula is C16H21ClN4O2. The number of guanidine groups is 1. The highest BCUT2D eigenvalue weighted by atomic mass is 35.5. The smallest absolute Gasteiger partial charge is 0.191 e. The zero-order valence-corrected chi connectivity index (χ0v) is 14.2. The van der Waals surface area contributed by atoms with Gasteiger partial charge in [0.05, 0.1) is 11.8 Å². The molecule has 2 rings (SSSR count). The number of aliphatic hydroxyl groups is 1. The Morgan fingerprint density at radius 2 is 2.00 bits per heavy atom. The predicted molar refractivity (Wildman–Crippen MR) is 90.6 cm³/mol. The molecule has 0 radical (unpaired) electrons. The molecule has 124 valence electrons. The number of rotatable bonds is 5. The van der Waals surface area contributed by atoms with Gasteiger partial charge in [0, 0.05) is 30.7 Å². The van der Waals surface area contributed by atoms with E-state index in [1.807, 2.05) is 13.8 Å². The van der Waals surface area contributed by atoms with Crippen LogP contribution >= 0.6 is 11.6 Å². The van der Waals surface area contributed by atoms with Crippen LogP contribution in [0.15, 0.2) is 33.8 Å². The fourth-order valence-corrected chi connectivity index (χ4v) is 2.27. The van der Waals surface area contributed by atoms with Gasteiger partial charge in [0.15, 0.2) is 5.96 Å². The van der Waals surface area contributed by atoms with Crippen molar-refractivity contribution in [3.63, 3.8) is 0 Å². The van der Waals surface area contributed by atoms with E-state index in [9.17, 15) is 5.11 Å². The van der Waals surface area contributed by atoms with E-state index in [0.29, 0.717) is 24.1 Å². The first kappa shape index (κ1) is 17.3. The summed E-state index contributed by atoms with van der Waals surface area (Å²) in [4.78, 5) is 4.14. The molecule has 1 atom stereocenters. The standard InChI is InChI=1S/C16H21ClN4O2/c1-10-14(11(2)23-21-10)8-19-16(18-3)20-9-15(22)12-4-6-13(17)7-5-12/h4-7,15,22H,8-9H2,1-3H3,(H2,18,19,20). The number of hydrogen-bond acceptors (Lipinski definition) is 4. The van der Waals surface area contributed by atoms with Crippen LogP contribution in [0.2, 0.25) is 5.02 Å². The SMILES string of the molecule is CN=C(NCc1c(C)noc1C)NCC(O)c1ccc(Cl)cc1. The van der Waals surface area contributed by atoms with Crippen molar-refractivity contribution in [3.05, 3.63) is 51.9 Å². The lowest BCUT2D eigenvalue weighted by Gasteiger charge is -2.15. The minimum Gasteiger partial charge on any atom is -0.387 e. The Bertz CT molecular complexity index is 648. The van der Waals surface area contributed by atoms with Crippen LogP contribution in [-0.4, -0.2) is 29.8 Å². The maximum Gasteiger partial charge on any atom is 0.191 e. The van der Waals surface area contributed by atoms with Crippen molar-refractivity contribution in [3.8, 4) is 0 Å².